The fraction of sp³-hybridized carbons (Fsp3) is 0.0312. The quantitative estimate of drug-likeness (QED) is 0.264. The molecule has 7 rings (SSSR count). The van der Waals surface area contributed by atoms with Crippen molar-refractivity contribution in [3.05, 3.63) is 127 Å². The maximum atomic E-state index is 4.95. The molecule has 1 aliphatic rings. The van der Waals surface area contributed by atoms with Gasteiger partial charge in [-0.15, -0.1) is 0 Å². The summed E-state index contributed by atoms with van der Waals surface area (Å²) in [5.74, 6) is 0.922. The molecule has 0 bridgehead atoms. The molecule has 0 aliphatic carbocycles. The molecule has 0 radical (unpaired) electrons. The highest BCUT2D eigenvalue weighted by molar-refractivity contribution is 6.12. The number of nitrogens with zero attached hydrogens (tertiary/aromatic N) is 3. The lowest BCUT2D eigenvalue weighted by atomic mass is 9.98. The lowest BCUT2D eigenvalue weighted by Crippen LogP contribution is -2.13. The van der Waals surface area contributed by atoms with Gasteiger partial charge in [0, 0.05) is 33.5 Å². The summed E-state index contributed by atoms with van der Waals surface area (Å²) < 4.78 is 2.41. The normalized spacial score (nSPS) is 12.1. The number of pyridine rings is 1. The highest BCUT2D eigenvalue weighted by Crippen LogP contribution is 2.53. The van der Waals surface area contributed by atoms with Crippen molar-refractivity contribution in [2.24, 2.45) is 0 Å². The molecule has 2 aromatic heterocycles. The van der Waals surface area contributed by atoms with Crippen LogP contribution in [0, 0.1) is 6.92 Å². The van der Waals surface area contributed by atoms with Crippen LogP contribution in [0.25, 0.3) is 39.0 Å². The maximum Gasteiger partial charge on any atom is 0.137 e. The summed E-state index contributed by atoms with van der Waals surface area (Å²) in [7, 11) is 0. The summed E-state index contributed by atoms with van der Waals surface area (Å²) in [5, 5.41) is 1.24. The average Bonchev–Trinajstić information content (AvgIpc) is 3.19. The van der Waals surface area contributed by atoms with Gasteiger partial charge in [-0.1, -0.05) is 78.9 Å². The molecule has 1 aliphatic heterocycles. The molecule has 0 atom stereocenters. The van der Waals surface area contributed by atoms with E-state index >= 15 is 0 Å². The summed E-state index contributed by atoms with van der Waals surface area (Å²) in [6.45, 7) is 2.05. The second-order valence-electron chi connectivity index (χ2n) is 8.92. The van der Waals surface area contributed by atoms with Gasteiger partial charge in [0.2, 0.25) is 0 Å². The van der Waals surface area contributed by atoms with Gasteiger partial charge in [-0.05, 0) is 49.4 Å². The van der Waals surface area contributed by atoms with Crippen LogP contribution in [0.2, 0.25) is 0 Å². The molecule has 6 aromatic rings. The van der Waals surface area contributed by atoms with Crippen molar-refractivity contribution < 1.29 is 0 Å². The summed E-state index contributed by atoms with van der Waals surface area (Å²) in [5.41, 5.74) is 10.5. The molecule has 3 heteroatoms. The molecule has 35 heavy (non-hydrogen) atoms. The first-order valence-corrected chi connectivity index (χ1v) is 11.9. The lowest BCUT2D eigenvalue weighted by molar-refractivity contribution is 1.12. The molecule has 0 spiro atoms. The van der Waals surface area contributed by atoms with Crippen molar-refractivity contribution in [3.8, 4) is 28.1 Å². The maximum absolute atomic E-state index is 4.95. The number of benzene rings is 4. The van der Waals surface area contributed by atoms with E-state index in [9.17, 15) is 0 Å². The van der Waals surface area contributed by atoms with E-state index in [0.717, 1.165) is 28.6 Å². The standard InChI is InChI=1S/C32H23N3/c1-22-12-11-21-30(33-22)35-28-19-9-6-16-25(28)31-24-15-5-8-18-27(24)34(23-13-3-2-4-14-23)32(31)26-17-7-10-20-29(26)35/h2-21H,1H3. The van der Waals surface area contributed by atoms with Crippen LogP contribution in [0.3, 0.4) is 0 Å². The molecule has 3 nitrogen and oxygen atoms in total. The van der Waals surface area contributed by atoms with Crippen molar-refractivity contribution in [2.75, 3.05) is 4.90 Å². The number of rotatable bonds is 2. The molecule has 166 valence electrons. The zero-order chi connectivity index (χ0) is 23.4. The van der Waals surface area contributed by atoms with Gasteiger partial charge in [0.1, 0.15) is 5.82 Å². The van der Waals surface area contributed by atoms with Crippen LogP contribution in [0.4, 0.5) is 17.2 Å². The van der Waals surface area contributed by atoms with Crippen LogP contribution in [0.5, 0.6) is 0 Å². The molecule has 0 saturated carbocycles. The van der Waals surface area contributed by atoms with Gasteiger partial charge in [-0.25, -0.2) is 4.98 Å². The monoisotopic (exact) mass is 449 g/mol. The van der Waals surface area contributed by atoms with E-state index in [2.05, 4.69) is 125 Å². The van der Waals surface area contributed by atoms with E-state index in [-0.39, 0.29) is 0 Å². The molecule has 3 heterocycles. The third-order valence-electron chi connectivity index (χ3n) is 6.81. The molecule has 4 aromatic carbocycles. The SMILES string of the molecule is Cc1cccc(N2c3ccccc3-c3c(n(-c4ccccc4)c4ccccc34)-c3ccccc32)n1. The Hall–Kier alpha value is -4.63. The van der Waals surface area contributed by atoms with Gasteiger partial charge in [0.05, 0.1) is 22.6 Å². The van der Waals surface area contributed by atoms with Crippen LogP contribution in [0.1, 0.15) is 5.69 Å². The first-order chi connectivity index (χ1) is 17.3. The number of aryl methyl sites for hydroxylation is 1. The Morgan fingerprint density at radius 1 is 0.571 bits per heavy atom. The van der Waals surface area contributed by atoms with Crippen molar-refractivity contribution in [1.29, 1.82) is 0 Å². The van der Waals surface area contributed by atoms with E-state index in [1.807, 2.05) is 13.0 Å². The molecular formula is C32H23N3. The smallest absolute Gasteiger partial charge is 0.137 e. The van der Waals surface area contributed by atoms with Gasteiger partial charge >= 0.3 is 0 Å². The predicted octanol–water partition coefficient (Wildman–Crippen LogP) is 8.45. The Morgan fingerprint density at radius 3 is 2.03 bits per heavy atom. The molecule has 0 unspecified atom stereocenters. The minimum atomic E-state index is 0.922. The summed E-state index contributed by atoms with van der Waals surface area (Å²) in [6, 6.07) is 43.0. The molecule has 0 fully saturated rings. The number of para-hydroxylation sites is 4. The van der Waals surface area contributed by atoms with Crippen molar-refractivity contribution >= 4 is 28.1 Å². The number of aromatic nitrogens is 2. The Morgan fingerprint density at radius 2 is 1.23 bits per heavy atom. The predicted molar refractivity (Wildman–Crippen MR) is 145 cm³/mol. The third-order valence-corrected chi connectivity index (χ3v) is 6.81. The second kappa shape index (κ2) is 7.71. The molecular weight excluding hydrogens is 426 g/mol. The van der Waals surface area contributed by atoms with E-state index in [4.69, 9.17) is 4.98 Å². The first-order valence-electron chi connectivity index (χ1n) is 11.9. The van der Waals surface area contributed by atoms with Gasteiger partial charge in [-0.2, -0.15) is 0 Å². The minimum Gasteiger partial charge on any atom is -0.309 e. The lowest BCUT2D eigenvalue weighted by Gasteiger charge is -2.26. The summed E-state index contributed by atoms with van der Waals surface area (Å²) in [4.78, 5) is 7.25. The average molecular weight is 450 g/mol. The Kier molecular flexibility index (Phi) is 4.36. The zero-order valence-corrected chi connectivity index (χ0v) is 19.4. The molecule has 0 N–H and O–H groups in total. The van der Waals surface area contributed by atoms with E-state index in [1.54, 1.807) is 0 Å². The highest BCUT2D eigenvalue weighted by Gasteiger charge is 2.31. The Balaban J connectivity index is 1.69. The van der Waals surface area contributed by atoms with E-state index in [1.165, 1.54) is 33.3 Å². The van der Waals surface area contributed by atoms with Crippen molar-refractivity contribution in [1.82, 2.24) is 9.55 Å². The topological polar surface area (TPSA) is 21.1 Å². The van der Waals surface area contributed by atoms with Crippen molar-refractivity contribution in [2.45, 2.75) is 6.92 Å². The van der Waals surface area contributed by atoms with Gasteiger partial charge < -0.3 is 4.57 Å². The zero-order valence-electron chi connectivity index (χ0n) is 19.4. The molecule has 0 saturated heterocycles. The number of hydrogen-bond acceptors (Lipinski definition) is 2. The molecule has 0 amide bonds. The van der Waals surface area contributed by atoms with Crippen LogP contribution < -0.4 is 4.90 Å². The van der Waals surface area contributed by atoms with Crippen LogP contribution >= 0.6 is 0 Å². The number of hydrogen-bond donors (Lipinski definition) is 0. The summed E-state index contributed by atoms with van der Waals surface area (Å²) >= 11 is 0. The van der Waals surface area contributed by atoms with Gasteiger partial charge in [0.15, 0.2) is 0 Å². The minimum absolute atomic E-state index is 0.922. The number of anilines is 3. The van der Waals surface area contributed by atoms with Gasteiger partial charge in [-0.3, -0.25) is 4.90 Å². The third kappa shape index (κ3) is 2.95. The fourth-order valence-corrected chi connectivity index (χ4v) is 5.39. The highest BCUT2D eigenvalue weighted by atomic mass is 15.2. The van der Waals surface area contributed by atoms with E-state index < -0.39 is 0 Å². The fourth-order valence-electron chi connectivity index (χ4n) is 5.39. The van der Waals surface area contributed by atoms with Crippen LogP contribution in [-0.4, -0.2) is 9.55 Å². The van der Waals surface area contributed by atoms with Crippen LogP contribution in [0.15, 0.2) is 121 Å². The largest absolute Gasteiger partial charge is 0.309 e. The Bertz CT molecular complexity index is 1710. The van der Waals surface area contributed by atoms with Crippen molar-refractivity contribution in [3.63, 3.8) is 0 Å². The van der Waals surface area contributed by atoms with E-state index in [0.29, 0.717) is 0 Å². The van der Waals surface area contributed by atoms with Crippen LogP contribution in [-0.2, 0) is 0 Å². The van der Waals surface area contributed by atoms with Gasteiger partial charge in [0.25, 0.3) is 0 Å². The first kappa shape index (κ1) is 19.8. The Labute approximate surface area is 204 Å². The summed E-state index contributed by atoms with van der Waals surface area (Å²) in [6.07, 6.45) is 0. The number of fused-ring (bicyclic) bond motifs is 7. The second-order valence-corrected chi connectivity index (χ2v) is 8.92.